The quantitative estimate of drug-likeness (QED) is 0.806. The second-order valence-corrected chi connectivity index (χ2v) is 6.46. The number of nitrogens with one attached hydrogen (secondary N) is 1. The molecule has 0 aromatic rings. The van der Waals surface area contributed by atoms with Gasteiger partial charge in [-0.3, -0.25) is 4.90 Å². The molecule has 2 aliphatic heterocycles. The van der Waals surface area contributed by atoms with E-state index in [1.54, 1.807) is 0 Å². The van der Waals surface area contributed by atoms with Gasteiger partial charge in [-0.1, -0.05) is 20.8 Å². The molecule has 1 unspecified atom stereocenters. The van der Waals surface area contributed by atoms with Crippen molar-refractivity contribution in [2.24, 2.45) is 5.41 Å². The predicted molar refractivity (Wildman–Crippen MR) is 78.0 cm³/mol. The first-order chi connectivity index (χ1) is 8.67. The molecule has 18 heavy (non-hydrogen) atoms. The van der Waals surface area contributed by atoms with Crippen LogP contribution in [0.5, 0.6) is 0 Å². The molecule has 0 saturated carbocycles. The average molecular weight is 253 g/mol. The maximum Gasteiger partial charge on any atom is 0.0235 e. The summed E-state index contributed by atoms with van der Waals surface area (Å²) in [4.78, 5) is 5.35. The van der Waals surface area contributed by atoms with Gasteiger partial charge in [0.15, 0.2) is 0 Å². The van der Waals surface area contributed by atoms with Crippen LogP contribution >= 0.6 is 0 Å². The smallest absolute Gasteiger partial charge is 0.0235 e. The Labute approximate surface area is 113 Å². The molecule has 0 aliphatic carbocycles. The fraction of sp³-hybridized carbons (Fsp3) is 1.00. The molecule has 0 aromatic carbocycles. The molecule has 2 aliphatic rings. The van der Waals surface area contributed by atoms with Crippen molar-refractivity contribution >= 4 is 0 Å². The molecule has 0 aromatic heterocycles. The molecule has 0 radical (unpaired) electrons. The number of rotatable bonds is 5. The van der Waals surface area contributed by atoms with Gasteiger partial charge in [-0.15, -0.1) is 0 Å². The summed E-state index contributed by atoms with van der Waals surface area (Å²) in [5, 5.41) is 3.48. The first kappa shape index (κ1) is 14.3. The summed E-state index contributed by atoms with van der Waals surface area (Å²) < 4.78 is 0. The highest BCUT2D eigenvalue weighted by molar-refractivity contribution is 4.89. The van der Waals surface area contributed by atoms with Crippen LogP contribution in [-0.4, -0.2) is 61.7 Å². The summed E-state index contributed by atoms with van der Waals surface area (Å²) in [6, 6.07) is 0.810. The van der Waals surface area contributed by atoms with Crippen molar-refractivity contribution in [2.45, 2.75) is 46.1 Å². The summed E-state index contributed by atoms with van der Waals surface area (Å²) in [6.45, 7) is 15.8. The standard InChI is InChI=1S/C15H31N3/c1-4-18(5-2)14-6-11-17(12-14)13-15(3)7-9-16-10-8-15/h14,16H,4-13H2,1-3H3. The van der Waals surface area contributed by atoms with E-state index in [4.69, 9.17) is 0 Å². The van der Waals surface area contributed by atoms with Crippen molar-refractivity contribution in [3.8, 4) is 0 Å². The minimum atomic E-state index is 0.559. The molecule has 106 valence electrons. The molecule has 2 heterocycles. The molecule has 3 heteroatoms. The maximum atomic E-state index is 3.48. The third kappa shape index (κ3) is 3.46. The highest BCUT2D eigenvalue weighted by Gasteiger charge is 2.33. The average Bonchev–Trinajstić information content (AvgIpc) is 2.79. The van der Waals surface area contributed by atoms with Gasteiger partial charge in [0.2, 0.25) is 0 Å². The zero-order chi connectivity index (χ0) is 13.0. The number of piperidine rings is 1. The molecule has 1 atom stereocenters. The van der Waals surface area contributed by atoms with E-state index in [-0.39, 0.29) is 0 Å². The summed E-state index contributed by atoms with van der Waals surface area (Å²) in [7, 11) is 0. The van der Waals surface area contributed by atoms with Crippen LogP contribution < -0.4 is 5.32 Å². The Morgan fingerprint density at radius 1 is 1.22 bits per heavy atom. The predicted octanol–water partition coefficient (Wildman–Crippen LogP) is 1.79. The van der Waals surface area contributed by atoms with E-state index in [9.17, 15) is 0 Å². The Hall–Kier alpha value is -0.120. The lowest BCUT2D eigenvalue weighted by Gasteiger charge is -2.37. The van der Waals surface area contributed by atoms with Gasteiger partial charge in [0.25, 0.3) is 0 Å². The molecule has 2 rings (SSSR count). The Morgan fingerprint density at radius 3 is 2.50 bits per heavy atom. The minimum absolute atomic E-state index is 0.559. The molecule has 0 spiro atoms. The lowest BCUT2D eigenvalue weighted by Crippen LogP contribution is -2.43. The van der Waals surface area contributed by atoms with E-state index in [1.807, 2.05) is 0 Å². The maximum absolute atomic E-state index is 3.48. The van der Waals surface area contributed by atoms with Gasteiger partial charge in [0, 0.05) is 19.1 Å². The zero-order valence-electron chi connectivity index (χ0n) is 12.5. The van der Waals surface area contributed by atoms with Crippen molar-refractivity contribution in [2.75, 3.05) is 45.8 Å². The van der Waals surface area contributed by atoms with Gasteiger partial charge in [-0.05, 0) is 57.4 Å². The fourth-order valence-corrected chi connectivity index (χ4v) is 3.72. The van der Waals surface area contributed by atoms with Crippen molar-refractivity contribution in [3.05, 3.63) is 0 Å². The van der Waals surface area contributed by atoms with Crippen LogP contribution in [0.25, 0.3) is 0 Å². The van der Waals surface area contributed by atoms with Crippen LogP contribution in [0.15, 0.2) is 0 Å². The molecular weight excluding hydrogens is 222 g/mol. The summed E-state index contributed by atoms with van der Waals surface area (Å²) in [6.07, 6.45) is 4.06. The highest BCUT2D eigenvalue weighted by atomic mass is 15.2. The van der Waals surface area contributed by atoms with Gasteiger partial charge in [-0.25, -0.2) is 0 Å². The lowest BCUT2D eigenvalue weighted by atomic mass is 9.80. The van der Waals surface area contributed by atoms with Gasteiger partial charge in [0.05, 0.1) is 0 Å². The molecular formula is C15H31N3. The summed E-state index contributed by atoms with van der Waals surface area (Å²) in [5.74, 6) is 0. The summed E-state index contributed by atoms with van der Waals surface area (Å²) in [5.41, 5.74) is 0.559. The fourth-order valence-electron chi connectivity index (χ4n) is 3.72. The monoisotopic (exact) mass is 253 g/mol. The van der Waals surface area contributed by atoms with Crippen molar-refractivity contribution < 1.29 is 0 Å². The largest absolute Gasteiger partial charge is 0.317 e. The zero-order valence-corrected chi connectivity index (χ0v) is 12.5. The molecule has 0 amide bonds. The van der Waals surface area contributed by atoms with E-state index in [0.717, 1.165) is 6.04 Å². The van der Waals surface area contributed by atoms with Gasteiger partial charge < -0.3 is 10.2 Å². The van der Waals surface area contributed by atoms with Crippen LogP contribution in [0.2, 0.25) is 0 Å². The minimum Gasteiger partial charge on any atom is -0.317 e. The second-order valence-electron chi connectivity index (χ2n) is 6.46. The second kappa shape index (κ2) is 6.36. The first-order valence-corrected chi connectivity index (χ1v) is 7.84. The molecule has 3 nitrogen and oxygen atoms in total. The van der Waals surface area contributed by atoms with Crippen LogP contribution in [0, 0.1) is 5.41 Å². The molecule has 1 N–H and O–H groups in total. The van der Waals surface area contributed by atoms with Crippen molar-refractivity contribution in [3.63, 3.8) is 0 Å². The topological polar surface area (TPSA) is 18.5 Å². The van der Waals surface area contributed by atoms with Crippen LogP contribution in [0.1, 0.15) is 40.0 Å². The van der Waals surface area contributed by atoms with Crippen LogP contribution in [-0.2, 0) is 0 Å². The number of likely N-dealkylation sites (N-methyl/N-ethyl adjacent to an activating group) is 1. The third-order valence-electron chi connectivity index (χ3n) is 4.99. The number of nitrogens with zero attached hydrogens (tertiary/aromatic N) is 2. The van der Waals surface area contributed by atoms with Crippen LogP contribution in [0.3, 0.4) is 0 Å². The Bertz CT molecular complexity index is 244. The van der Waals surface area contributed by atoms with E-state index in [2.05, 4.69) is 35.9 Å². The Balaban J connectivity index is 1.81. The van der Waals surface area contributed by atoms with Gasteiger partial charge in [-0.2, -0.15) is 0 Å². The normalized spacial score (nSPS) is 29.0. The van der Waals surface area contributed by atoms with Gasteiger partial charge >= 0.3 is 0 Å². The van der Waals surface area contributed by atoms with E-state index < -0.39 is 0 Å². The SMILES string of the molecule is CCN(CC)C1CCN(CC2(C)CCNCC2)C1. The van der Waals surface area contributed by atoms with Crippen LogP contribution in [0.4, 0.5) is 0 Å². The number of likely N-dealkylation sites (tertiary alicyclic amines) is 1. The van der Waals surface area contributed by atoms with E-state index >= 15 is 0 Å². The molecule has 2 fully saturated rings. The Kier molecular flexibility index (Phi) is 5.05. The highest BCUT2D eigenvalue weighted by Crippen LogP contribution is 2.30. The molecule has 2 saturated heterocycles. The Morgan fingerprint density at radius 2 is 1.89 bits per heavy atom. The summed E-state index contributed by atoms with van der Waals surface area (Å²) >= 11 is 0. The first-order valence-electron chi connectivity index (χ1n) is 7.84. The molecule has 0 bridgehead atoms. The number of hydrogen-bond donors (Lipinski definition) is 1. The third-order valence-corrected chi connectivity index (χ3v) is 4.99. The van der Waals surface area contributed by atoms with E-state index in [0.29, 0.717) is 5.41 Å². The van der Waals surface area contributed by atoms with Crippen molar-refractivity contribution in [1.29, 1.82) is 0 Å². The van der Waals surface area contributed by atoms with Crippen molar-refractivity contribution in [1.82, 2.24) is 15.1 Å². The van der Waals surface area contributed by atoms with E-state index in [1.165, 1.54) is 65.1 Å². The number of hydrogen-bond acceptors (Lipinski definition) is 3. The lowest BCUT2D eigenvalue weighted by molar-refractivity contribution is 0.135. The van der Waals surface area contributed by atoms with Gasteiger partial charge in [0.1, 0.15) is 0 Å².